The minimum Gasteiger partial charge on any atom is -0.355 e. The number of amides is 1. The summed E-state index contributed by atoms with van der Waals surface area (Å²) >= 11 is 0. The van der Waals surface area contributed by atoms with Crippen LogP contribution in [0.2, 0.25) is 0 Å². The van der Waals surface area contributed by atoms with Crippen molar-refractivity contribution in [3.63, 3.8) is 0 Å². The Morgan fingerprint density at radius 2 is 1.94 bits per heavy atom. The van der Waals surface area contributed by atoms with Gasteiger partial charge in [0.25, 0.3) is 0 Å². The van der Waals surface area contributed by atoms with Crippen molar-refractivity contribution in [3.05, 3.63) is 0 Å². The van der Waals surface area contributed by atoms with Crippen LogP contribution in [0.25, 0.3) is 0 Å². The fraction of sp³-hybridized carbons (Fsp3) is 0.929. The molecule has 0 bridgehead atoms. The van der Waals surface area contributed by atoms with Crippen LogP contribution in [0.15, 0.2) is 0 Å². The van der Waals surface area contributed by atoms with Crippen molar-refractivity contribution in [2.75, 3.05) is 13.1 Å². The van der Waals surface area contributed by atoms with Crippen LogP contribution < -0.4 is 10.6 Å². The van der Waals surface area contributed by atoms with Gasteiger partial charge in [0.05, 0.1) is 6.04 Å². The van der Waals surface area contributed by atoms with Gasteiger partial charge in [-0.3, -0.25) is 4.79 Å². The van der Waals surface area contributed by atoms with Crippen LogP contribution in [0.4, 0.5) is 0 Å². The van der Waals surface area contributed by atoms with E-state index in [1.54, 1.807) is 0 Å². The average Bonchev–Trinajstić information content (AvgIpc) is 2.82. The predicted molar refractivity (Wildman–Crippen MR) is 71.8 cm³/mol. The second-order valence-electron chi connectivity index (χ2n) is 6.49. The van der Waals surface area contributed by atoms with Gasteiger partial charge < -0.3 is 10.6 Å². The molecule has 1 rings (SSSR count). The van der Waals surface area contributed by atoms with Crippen molar-refractivity contribution >= 4 is 5.91 Å². The molecular weight excluding hydrogens is 212 g/mol. The Balaban J connectivity index is 2.10. The summed E-state index contributed by atoms with van der Waals surface area (Å²) < 4.78 is 0. The molecule has 100 valence electrons. The molecule has 1 amide bonds. The highest BCUT2D eigenvalue weighted by Gasteiger charge is 2.45. The maximum absolute atomic E-state index is 11.7. The van der Waals surface area contributed by atoms with Gasteiger partial charge in [-0.05, 0) is 43.6 Å². The van der Waals surface area contributed by atoms with E-state index in [0.29, 0.717) is 11.3 Å². The Morgan fingerprint density at radius 3 is 2.41 bits per heavy atom. The Morgan fingerprint density at radius 1 is 1.35 bits per heavy atom. The van der Waals surface area contributed by atoms with Gasteiger partial charge in [-0.15, -0.1) is 0 Å². The zero-order valence-electron chi connectivity index (χ0n) is 12.0. The molecule has 1 fully saturated rings. The smallest absolute Gasteiger partial charge is 0.236 e. The van der Waals surface area contributed by atoms with Crippen molar-refractivity contribution in [2.45, 2.75) is 53.5 Å². The monoisotopic (exact) mass is 240 g/mol. The SMILES string of the molecule is CC(C)CCNC(=O)C(C)NCC1CC1(C)C. The molecule has 3 heteroatoms. The molecule has 0 aromatic carbocycles. The summed E-state index contributed by atoms with van der Waals surface area (Å²) in [6.45, 7) is 12.6. The zero-order chi connectivity index (χ0) is 13.1. The number of rotatable bonds is 7. The van der Waals surface area contributed by atoms with Crippen LogP contribution >= 0.6 is 0 Å². The molecule has 0 aromatic rings. The standard InChI is InChI=1S/C14H28N2O/c1-10(2)6-7-15-13(17)11(3)16-9-12-8-14(12,4)5/h10-12,16H,6-9H2,1-5H3,(H,15,17). The third-order valence-electron chi connectivity index (χ3n) is 3.80. The van der Waals surface area contributed by atoms with Crippen molar-refractivity contribution in [1.82, 2.24) is 10.6 Å². The molecule has 1 aliphatic rings. The maximum Gasteiger partial charge on any atom is 0.236 e. The van der Waals surface area contributed by atoms with Gasteiger partial charge in [-0.2, -0.15) is 0 Å². The van der Waals surface area contributed by atoms with Crippen molar-refractivity contribution in [1.29, 1.82) is 0 Å². The minimum atomic E-state index is -0.0708. The normalized spacial score (nSPS) is 23.5. The largest absolute Gasteiger partial charge is 0.355 e. The number of hydrogen-bond donors (Lipinski definition) is 2. The van der Waals surface area contributed by atoms with E-state index in [1.807, 2.05) is 6.92 Å². The van der Waals surface area contributed by atoms with Crippen LogP contribution in [0.5, 0.6) is 0 Å². The van der Waals surface area contributed by atoms with Gasteiger partial charge >= 0.3 is 0 Å². The molecule has 0 saturated heterocycles. The third-order valence-corrected chi connectivity index (χ3v) is 3.80. The van der Waals surface area contributed by atoms with E-state index in [-0.39, 0.29) is 11.9 Å². The topological polar surface area (TPSA) is 41.1 Å². The summed E-state index contributed by atoms with van der Waals surface area (Å²) in [5.74, 6) is 1.52. The Hall–Kier alpha value is -0.570. The van der Waals surface area contributed by atoms with E-state index in [4.69, 9.17) is 0 Å². The molecule has 0 aromatic heterocycles. The van der Waals surface area contributed by atoms with Crippen LogP contribution in [0.3, 0.4) is 0 Å². The maximum atomic E-state index is 11.7. The highest BCUT2D eigenvalue weighted by molar-refractivity contribution is 5.81. The van der Waals surface area contributed by atoms with Gasteiger partial charge in [0, 0.05) is 6.54 Å². The summed E-state index contributed by atoms with van der Waals surface area (Å²) in [4.78, 5) is 11.7. The van der Waals surface area contributed by atoms with Gasteiger partial charge in [0.2, 0.25) is 5.91 Å². The number of carbonyl (C=O) groups is 1. The lowest BCUT2D eigenvalue weighted by atomic mass is 10.1. The van der Waals surface area contributed by atoms with Crippen LogP contribution in [-0.4, -0.2) is 25.0 Å². The van der Waals surface area contributed by atoms with E-state index >= 15 is 0 Å². The fourth-order valence-electron chi connectivity index (χ4n) is 1.97. The van der Waals surface area contributed by atoms with Crippen LogP contribution in [-0.2, 0) is 4.79 Å². The molecule has 0 aliphatic heterocycles. The molecule has 0 heterocycles. The molecule has 2 atom stereocenters. The first kappa shape index (κ1) is 14.5. The molecule has 2 N–H and O–H groups in total. The van der Waals surface area contributed by atoms with Gasteiger partial charge in [0.1, 0.15) is 0 Å². The molecule has 17 heavy (non-hydrogen) atoms. The van der Waals surface area contributed by atoms with Gasteiger partial charge in [0.15, 0.2) is 0 Å². The number of carbonyl (C=O) groups excluding carboxylic acids is 1. The van der Waals surface area contributed by atoms with Gasteiger partial charge in [-0.1, -0.05) is 27.7 Å². The third kappa shape index (κ3) is 5.07. The lowest BCUT2D eigenvalue weighted by molar-refractivity contribution is -0.122. The number of hydrogen-bond acceptors (Lipinski definition) is 2. The first-order chi connectivity index (χ1) is 7.83. The van der Waals surface area contributed by atoms with E-state index in [9.17, 15) is 4.79 Å². The van der Waals surface area contributed by atoms with E-state index in [0.717, 1.165) is 25.4 Å². The van der Waals surface area contributed by atoms with E-state index in [1.165, 1.54) is 6.42 Å². The highest BCUT2D eigenvalue weighted by atomic mass is 16.2. The van der Waals surface area contributed by atoms with Crippen LogP contribution in [0.1, 0.15) is 47.5 Å². The summed E-state index contributed by atoms with van der Waals surface area (Å²) in [5, 5.41) is 6.30. The Bertz CT molecular complexity index is 261. The lowest BCUT2D eigenvalue weighted by Crippen LogP contribution is -2.43. The first-order valence-corrected chi connectivity index (χ1v) is 6.84. The minimum absolute atomic E-state index is 0.0708. The molecule has 0 spiro atoms. The molecular formula is C14H28N2O. The summed E-state index contributed by atoms with van der Waals surface area (Å²) in [5.41, 5.74) is 0.487. The summed E-state index contributed by atoms with van der Waals surface area (Å²) in [7, 11) is 0. The Kier molecular flexibility index (Phi) is 4.99. The van der Waals surface area contributed by atoms with Crippen molar-refractivity contribution in [2.24, 2.45) is 17.3 Å². The highest BCUT2D eigenvalue weighted by Crippen LogP contribution is 2.50. The van der Waals surface area contributed by atoms with Gasteiger partial charge in [-0.25, -0.2) is 0 Å². The second-order valence-corrected chi connectivity index (χ2v) is 6.49. The van der Waals surface area contributed by atoms with Crippen molar-refractivity contribution in [3.8, 4) is 0 Å². The summed E-state index contributed by atoms with van der Waals surface area (Å²) in [6, 6.07) is -0.0708. The summed E-state index contributed by atoms with van der Waals surface area (Å²) in [6.07, 6.45) is 2.33. The van der Waals surface area contributed by atoms with Crippen LogP contribution in [0, 0.1) is 17.3 Å². The molecule has 0 radical (unpaired) electrons. The first-order valence-electron chi connectivity index (χ1n) is 6.84. The van der Waals surface area contributed by atoms with Crippen molar-refractivity contribution < 1.29 is 4.79 Å². The predicted octanol–water partition coefficient (Wildman–Crippen LogP) is 2.17. The van der Waals surface area contributed by atoms with E-state index < -0.39 is 0 Å². The molecule has 2 unspecified atom stereocenters. The quantitative estimate of drug-likeness (QED) is 0.716. The molecule has 3 nitrogen and oxygen atoms in total. The van der Waals surface area contributed by atoms with E-state index in [2.05, 4.69) is 38.3 Å². The zero-order valence-corrected chi connectivity index (χ0v) is 12.0. The molecule has 1 saturated carbocycles. The molecule has 1 aliphatic carbocycles. The second kappa shape index (κ2) is 5.85. The fourth-order valence-corrected chi connectivity index (χ4v) is 1.97. The number of nitrogens with one attached hydrogen (secondary N) is 2. The average molecular weight is 240 g/mol. The Labute approximate surface area is 106 Å². The lowest BCUT2D eigenvalue weighted by Gasteiger charge is -2.15.